The van der Waals surface area contributed by atoms with Gasteiger partial charge in [0, 0.05) is 12.2 Å². The summed E-state index contributed by atoms with van der Waals surface area (Å²) in [4.78, 5) is 39.4. The van der Waals surface area contributed by atoms with Gasteiger partial charge in [-0.3, -0.25) is 19.4 Å². The Balaban J connectivity index is 2.04. The summed E-state index contributed by atoms with van der Waals surface area (Å²) < 4.78 is 0. The number of urea groups is 1. The molecule has 0 unspecified atom stereocenters. The lowest BCUT2D eigenvalue weighted by Crippen LogP contribution is -2.41. The second-order valence-electron chi connectivity index (χ2n) is 6.62. The van der Waals surface area contributed by atoms with Crippen molar-refractivity contribution in [2.24, 2.45) is 5.92 Å². The zero-order valence-corrected chi connectivity index (χ0v) is 14.7. The third kappa shape index (κ3) is 3.93. The zero-order valence-electron chi connectivity index (χ0n) is 14.7. The summed E-state index contributed by atoms with van der Waals surface area (Å²) >= 11 is 0. The Morgan fingerprint density at radius 3 is 2.42 bits per heavy atom. The number of benzene rings is 1. The molecule has 0 spiro atoms. The molecular formula is C18H25N3O3. The van der Waals surface area contributed by atoms with Crippen molar-refractivity contribution in [1.82, 2.24) is 10.2 Å². The molecule has 1 fully saturated rings. The average molecular weight is 331 g/mol. The van der Waals surface area contributed by atoms with Crippen LogP contribution in [0.3, 0.4) is 0 Å². The van der Waals surface area contributed by atoms with E-state index in [1.807, 2.05) is 31.2 Å². The summed E-state index contributed by atoms with van der Waals surface area (Å²) in [5.74, 6) is -0.174. The number of anilines is 1. The molecule has 1 saturated heterocycles. The molecule has 24 heavy (non-hydrogen) atoms. The van der Waals surface area contributed by atoms with Crippen molar-refractivity contribution in [2.45, 2.75) is 40.2 Å². The van der Waals surface area contributed by atoms with Crippen LogP contribution < -0.4 is 10.2 Å². The summed E-state index contributed by atoms with van der Waals surface area (Å²) in [5, 5.41) is 2.76. The fourth-order valence-electron chi connectivity index (χ4n) is 2.61. The number of hydrogen-bond acceptors (Lipinski definition) is 3. The quantitative estimate of drug-likeness (QED) is 0.813. The first kappa shape index (κ1) is 18.0. The summed E-state index contributed by atoms with van der Waals surface area (Å²) in [6.07, 6.45) is 0.861. The molecule has 1 heterocycles. The van der Waals surface area contributed by atoms with Gasteiger partial charge in [0.1, 0.15) is 12.6 Å². The molecule has 6 nitrogen and oxygen atoms in total. The Morgan fingerprint density at radius 2 is 1.83 bits per heavy atom. The maximum atomic E-state index is 12.6. The van der Waals surface area contributed by atoms with Crippen LogP contribution in [0.1, 0.15) is 32.8 Å². The van der Waals surface area contributed by atoms with E-state index in [9.17, 15) is 14.4 Å². The van der Waals surface area contributed by atoms with Crippen molar-refractivity contribution in [1.29, 1.82) is 0 Å². The van der Waals surface area contributed by atoms with Crippen molar-refractivity contribution >= 4 is 23.5 Å². The molecule has 130 valence electrons. The summed E-state index contributed by atoms with van der Waals surface area (Å²) in [7, 11) is 0. The predicted octanol–water partition coefficient (Wildman–Crippen LogP) is 2.31. The Bertz CT molecular complexity index is 625. The SMILES string of the molecule is Cc1ccc(N2C(=O)N(CC(=O)NCCC(C)C)C(=O)[C@@H]2C)cc1. The molecular weight excluding hydrogens is 306 g/mol. The van der Waals surface area contributed by atoms with Crippen LogP contribution in [0.5, 0.6) is 0 Å². The zero-order chi connectivity index (χ0) is 17.9. The van der Waals surface area contributed by atoms with Crippen molar-refractivity contribution in [3.05, 3.63) is 29.8 Å². The Kier molecular flexibility index (Phi) is 5.59. The highest BCUT2D eigenvalue weighted by Crippen LogP contribution is 2.25. The van der Waals surface area contributed by atoms with Gasteiger partial charge in [-0.15, -0.1) is 0 Å². The van der Waals surface area contributed by atoms with E-state index in [1.54, 1.807) is 6.92 Å². The molecule has 2 rings (SSSR count). The Morgan fingerprint density at radius 1 is 1.21 bits per heavy atom. The normalized spacial score (nSPS) is 17.8. The van der Waals surface area contributed by atoms with Gasteiger partial charge >= 0.3 is 6.03 Å². The number of nitrogens with one attached hydrogen (secondary N) is 1. The van der Waals surface area contributed by atoms with E-state index < -0.39 is 12.1 Å². The van der Waals surface area contributed by atoms with Crippen molar-refractivity contribution in [3.8, 4) is 0 Å². The number of nitrogens with zero attached hydrogens (tertiary/aromatic N) is 2. The highest BCUT2D eigenvalue weighted by molar-refractivity contribution is 6.15. The van der Waals surface area contributed by atoms with E-state index in [0.29, 0.717) is 18.2 Å². The van der Waals surface area contributed by atoms with Crippen LogP contribution in [0, 0.1) is 12.8 Å². The third-order valence-electron chi connectivity index (χ3n) is 4.11. The van der Waals surface area contributed by atoms with Gasteiger partial charge in [0.05, 0.1) is 0 Å². The highest BCUT2D eigenvalue weighted by atomic mass is 16.2. The van der Waals surface area contributed by atoms with Crippen molar-refractivity contribution < 1.29 is 14.4 Å². The molecule has 1 aliphatic rings. The Hall–Kier alpha value is -2.37. The van der Waals surface area contributed by atoms with Gasteiger partial charge in [-0.05, 0) is 38.3 Å². The number of aryl methyl sites for hydroxylation is 1. The van der Waals surface area contributed by atoms with Gasteiger partial charge in [-0.25, -0.2) is 4.79 Å². The van der Waals surface area contributed by atoms with Crippen LogP contribution in [0.2, 0.25) is 0 Å². The first-order valence-electron chi connectivity index (χ1n) is 8.29. The number of carbonyl (C=O) groups excluding carboxylic acids is 3. The maximum absolute atomic E-state index is 12.6. The molecule has 1 N–H and O–H groups in total. The number of rotatable bonds is 6. The van der Waals surface area contributed by atoms with Gasteiger partial charge in [-0.2, -0.15) is 0 Å². The largest absolute Gasteiger partial charge is 0.355 e. The smallest absolute Gasteiger partial charge is 0.332 e. The summed E-state index contributed by atoms with van der Waals surface area (Å²) in [5.41, 5.74) is 1.74. The van der Waals surface area contributed by atoms with Crippen LogP contribution in [-0.2, 0) is 9.59 Å². The third-order valence-corrected chi connectivity index (χ3v) is 4.11. The lowest BCUT2D eigenvalue weighted by molar-refractivity contribution is -0.131. The van der Waals surface area contributed by atoms with Crippen molar-refractivity contribution in [2.75, 3.05) is 18.0 Å². The molecule has 0 radical (unpaired) electrons. The summed E-state index contributed by atoms with van der Waals surface area (Å²) in [6, 6.07) is 6.34. The molecule has 1 atom stereocenters. The maximum Gasteiger partial charge on any atom is 0.332 e. The monoisotopic (exact) mass is 331 g/mol. The van der Waals surface area contributed by atoms with Crippen molar-refractivity contribution in [3.63, 3.8) is 0 Å². The molecule has 0 bridgehead atoms. The predicted molar refractivity (Wildman–Crippen MR) is 92.7 cm³/mol. The summed E-state index contributed by atoms with van der Waals surface area (Å²) in [6.45, 7) is 8.09. The molecule has 1 aliphatic heterocycles. The minimum Gasteiger partial charge on any atom is -0.355 e. The molecule has 6 heteroatoms. The van der Waals surface area contributed by atoms with Crippen LogP contribution in [0.4, 0.5) is 10.5 Å². The first-order valence-corrected chi connectivity index (χ1v) is 8.29. The number of imide groups is 1. The van der Waals surface area contributed by atoms with Crippen LogP contribution in [-0.4, -0.2) is 41.9 Å². The topological polar surface area (TPSA) is 69.7 Å². The van der Waals surface area contributed by atoms with Gasteiger partial charge in [0.15, 0.2) is 0 Å². The lowest BCUT2D eigenvalue weighted by Gasteiger charge is -2.19. The van der Waals surface area contributed by atoms with Crippen LogP contribution in [0.25, 0.3) is 0 Å². The van der Waals surface area contributed by atoms with E-state index in [4.69, 9.17) is 0 Å². The minimum absolute atomic E-state index is 0.234. The van der Waals surface area contributed by atoms with Crippen LogP contribution in [0.15, 0.2) is 24.3 Å². The first-order chi connectivity index (χ1) is 11.3. The number of carbonyl (C=O) groups is 3. The molecule has 0 aromatic heterocycles. The second kappa shape index (κ2) is 7.47. The molecule has 0 aliphatic carbocycles. The van der Waals surface area contributed by atoms with E-state index in [-0.39, 0.29) is 18.4 Å². The number of amides is 4. The standard InChI is InChI=1S/C18H25N3O3/c1-12(2)9-10-19-16(22)11-20-17(23)14(4)21(18(20)24)15-7-5-13(3)6-8-15/h5-8,12,14H,9-11H2,1-4H3,(H,19,22)/t14-/m0/s1. The van der Waals surface area contributed by atoms with E-state index in [2.05, 4.69) is 19.2 Å². The van der Waals surface area contributed by atoms with E-state index in [1.165, 1.54) is 4.90 Å². The minimum atomic E-state index is -0.608. The molecule has 4 amide bonds. The fourth-order valence-corrected chi connectivity index (χ4v) is 2.61. The molecule has 1 aromatic carbocycles. The number of hydrogen-bond donors (Lipinski definition) is 1. The second-order valence-corrected chi connectivity index (χ2v) is 6.62. The average Bonchev–Trinajstić information content (AvgIpc) is 2.72. The molecule has 1 aromatic rings. The van der Waals surface area contributed by atoms with Gasteiger partial charge < -0.3 is 5.32 Å². The Labute approximate surface area is 142 Å². The van der Waals surface area contributed by atoms with Gasteiger partial charge in [0.2, 0.25) is 5.91 Å². The van der Waals surface area contributed by atoms with E-state index in [0.717, 1.165) is 16.9 Å². The highest BCUT2D eigenvalue weighted by Gasteiger charge is 2.43. The molecule has 0 saturated carbocycles. The fraction of sp³-hybridized carbons (Fsp3) is 0.500. The van der Waals surface area contributed by atoms with Crippen LogP contribution >= 0.6 is 0 Å². The van der Waals surface area contributed by atoms with Gasteiger partial charge in [0.25, 0.3) is 5.91 Å². The van der Waals surface area contributed by atoms with Gasteiger partial charge in [-0.1, -0.05) is 31.5 Å². The lowest BCUT2D eigenvalue weighted by atomic mass is 10.1. The van der Waals surface area contributed by atoms with E-state index >= 15 is 0 Å².